The second-order valence-electron chi connectivity index (χ2n) is 4.93. The Kier molecular flexibility index (Phi) is 5.05. The molecule has 0 radical (unpaired) electrons. The number of thiophene rings is 1. The molecule has 0 atom stereocenters. The van der Waals surface area contributed by atoms with E-state index in [4.69, 9.17) is 0 Å². The molecule has 0 aromatic carbocycles. The predicted octanol–water partition coefficient (Wildman–Crippen LogP) is 2.33. The highest BCUT2D eigenvalue weighted by molar-refractivity contribution is 9.10. The van der Waals surface area contributed by atoms with E-state index in [1.165, 1.54) is 20.5 Å². The molecule has 1 fully saturated rings. The van der Waals surface area contributed by atoms with Gasteiger partial charge in [0.05, 0.1) is 6.26 Å². The molecule has 108 valence electrons. The van der Waals surface area contributed by atoms with E-state index in [-0.39, 0.29) is 0 Å². The molecule has 0 spiro atoms. The average Bonchev–Trinajstić information content (AvgIpc) is 2.66. The zero-order valence-electron chi connectivity index (χ0n) is 11.1. The lowest BCUT2D eigenvalue weighted by molar-refractivity contribution is 0.290. The van der Waals surface area contributed by atoms with Crippen LogP contribution in [0.25, 0.3) is 0 Å². The van der Waals surface area contributed by atoms with Crippen molar-refractivity contribution in [2.24, 2.45) is 0 Å². The van der Waals surface area contributed by atoms with Crippen LogP contribution in [0, 0.1) is 6.92 Å². The van der Waals surface area contributed by atoms with Gasteiger partial charge in [-0.3, -0.25) is 0 Å². The maximum atomic E-state index is 11.4. The Balaban J connectivity index is 1.80. The molecule has 0 bridgehead atoms. The number of halogens is 1. The molecule has 0 saturated carbocycles. The summed E-state index contributed by atoms with van der Waals surface area (Å²) >= 11 is 5.31. The van der Waals surface area contributed by atoms with Crippen LogP contribution in [-0.2, 0) is 16.6 Å². The third-order valence-electron chi connectivity index (χ3n) is 3.40. The molecule has 1 aliphatic rings. The summed E-state index contributed by atoms with van der Waals surface area (Å²) in [6, 6.07) is 2.57. The van der Waals surface area contributed by atoms with Gasteiger partial charge in [-0.1, -0.05) is 0 Å². The SMILES string of the molecule is Cc1sc(CNC2CCN(S(C)(=O)=O)CC2)cc1Br. The summed E-state index contributed by atoms with van der Waals surface area (Å²) in [5, 5.41) is 3.52. The monoisotopic (exact) mass is 366 g/mol. The van der Waals surface area contributed by atoms with E-state index in [1.54, 1.807) is 15.6 Å². The Morgan fingerprint density at radius 1 is 1.47 bits per heavy atom. The molecule has 19 heavy (non-hydrogen) atoms. The quantitative estimate of drug-likeness (QED) is 0.889. The minimum Gasteiger partial charge on any atom is -0.309 e. The summed E-state index contributed by atoms with van der Waals surface area (Å²) in [6.07, 6.45) is 3.06. The van der Waals surface area contributed by atoms with Gasteiger partial charge in [0.2, 0.25) is 10.0 Å². The molecule has 2 heterocycles. The van der Waals surface area contributed by atoms with Crippen LogP contribution in [0.2, 0.25) is 0 Å². The second-order valence-corrected chi connectivity index (χ2v) is 9.11. The number of rotatable bonds is 4. The van der Waals surface area contributed by atoms with Crippen molar-refractivity contribution >= 4 is 37.3 Å². The summed E-state index contributed by atoms with van der Waals surface area (Å²) in [6.45, 7) is 4.22. The molecule has 7 heteroatoms. The minimum atomic E-state index is -3.02. The van der Waals surface area contributed by atoms with Gasteiger partial charge < -0.3 is 5.32 Å². The fourth-order valence-corrected chi connectivity index (χ4v) is 4.67. The van der Waals surface area contributed by atoms with Crippen LogP contribution in [0.15, 0.2) is 10.5 Å². The van der Waals surface area contributed by atoms with Crippen molar-refractivity contribution < 1.29 is 8.42 Å². The van der Waals surface area contributed by atoms with Crippen molar-refractivity contribution in [1.29, 1.82) is 0 Å². The predicted molar refractivity (Wildman–Crippen MR) is 83.0 cm³/mol. The summed E-state index contributed by atoms with van der Waals surface area (Å²) in [7, 11) is -3.02. The highest BCUT2D eigenvalue weighted by Gasteiger charge is 2.24. The van der Waals surface area contributed by atoms with Crippen LogP contribution in [0.1, 0.15) is 22.6 Å². The molecule has 1 aliphatic heterocycles. The van der Waals surface area contributed by atoms with Gasteiger partial charge in [-0.2, -0.15) is 0 Å². The zero-order valence-corrected chi connectivity index (χ0v) is 14.4. The van der Waals surface area contributed by atoms with E-state index in [9.17, 15) is 8.42 Å². The first-order valence-corrected chi connectivity index (χ1v) is 9.75. The van der Waals surface area contributed by atoms with Crippen LogP contribution >= 0.6 is 27.3 Å². The lowest BCUT2D eigenvalue weighted by atomic mass is 10.1. The lowest BCUT2D eigenvalue weighted by Gasteiger charge is -2.30. The number of nitrogens with zero attached hydrogens (tertiary/aromatic N) is 1. The molecule has 1 aromatic rings. The molecular formula is C12H19BrN2O2S2. The number of hydrogen-bond donors (Lipinski definition) is 1. The van der Waals surface area contributed by atoms with Crippen molar-refractivity contribution in [2.75, 3.05) is 19.3 Å². The number of hydrogen-bond acceptors (Lipinski definition) is 4. The normalized spacial score (nSPS) is 18.9. The molecule has 4 nitrogen and oxygen atoms in total. The largest absolute Gasteiger partial charge is 0.309 e. The third kappa shape index (κ3) is 4.26. The van der Waals surface area contributed by atoms with Crippen LogP contribution in [0.4, 0.5) is 0 Å². The topological polar surface area (TPSA) is 49.4 Å². The van der Waals surface area contributed by atoms with Crippen LogP contribution < -0.4 is 5.32 Å². The zero-order chi connectivity index (χ0) is 14.0. The third-order valence-corrected chi connectivity index (χ3v) is 6.84. The highest BCUT2D eigenvalue weighted by Crippen LogP contribution is 2.26. The number of sulfonamides is 1. The van der Waals surface area contributed by atoms with E-state index >= 15 is 0 Å². The Morgan fingerprint density at radius 2 is 2.11 bits per heavy atom. The molecule has 0 aliphatic carbocycles. The summed E-state index contributed by atoms with van der Waals surface area (Å²) in [4.78, 5) is 2.61. The smallest absolute Gasteiger partial charge is 0.211 e. The van der Waals surface area contributed by atoms with Crippen molar-refractivity contribution in [3.8, 4) is 0 Å². The van der Waals surface area contributed by atoms with Gasteiger partial charge in [-0.15, -0.1) is 11.3 Å². The van der Waals surface area contributed by atoms with Crippen molar-refractivity contribution in [3.63, 3.8) is 0 Å². The summed E-state index contributed by atoms with van der Waals surface area (Å²) < 4.78 is 25.6. The molecule has 1 N–H and O–H groups in total. The number of piperidine rings is 1. The molecule has 1 saturated heterocycles. The first kappa shape index (κ1) is 15.4. The fourth-order valence-electron chi connectivity index (χ4n) is 2.24. The van der Waals surface area contributed by atoms with Gasteiger partial charge in [-0.05, 0) is 41.8 Å². The van der Waals surface area contributed by atoms with E-state index in [2.05, 4.69) is 34.2 Å². The van der Waals surface area contributed by atoms with Crippen molar-refractivity contribution in [1.82, 2.24) is 9.62 Å². The maximum Gasteiger partial charge on any atom is 0.211 e. The van der Waals surface area contributed by atoms with E-state index in [1.807, 2.05) is 0 Å². The van der Waals surface area contributed by atoms with Gasteiger partial charge in [0.25, 0.3) is 0 Å². The van der Waals surface area contributed by atoms with Crippen LogP contribution in [0.3, 0.4) is 0 Å². The van der Waals surface area contributed by atoms with E-state index in [0.717, 1.165) is 19.4 Å². The van der Waals surface area contributed by atoms with Crippen LogP contribution in [0.5, 0.6) is 0 Å². The first-order valence-electron chi connectivity index (χ1n) is 6.29. The van der Waals surface area contributed by atoms with E-state index in [0.29, 0.717) is 19.1 Å². The van der Waals surface area contributed by atoms with Crippen LogP contribution in [-0.4, -0.2) is 38.1 Å². The van der Waals surface area contributed by atoms with Gasteiger partial charge in [0.1, 0.15) is 0 Å². The number of aryl methyl sites for hydroxylation is 1. The molecule has 0 unspecified atom stereocenters. The van der Waals surface area contributed by atoms with Crippen molar-refractivity contribution in [2.45, 2.75) is 32.4 Å². The Hall–Kier alpha value is 0.0500. The molecule has 1 aromatic heterocycles. The Bertz CT molecular complexity index is 514. The molecular weight excluding hydrogens is 348 g/mol. The molecule has 2 rings (SSSR count). The second kappa shape index (κ2) is 6.22. The lowest BCUT2D eigenvalue weighted by Crippen LogP contribution is -2.44. The van der Waals surface area contributed by atoms with Gasteiger partial charge in [-0.25, -0.2) is 12.7 Å². The molecule has 0 amide bonds. The van der Waals surface area contributed by atoms with Gasteiger partial charge in [0, 0.05) is 39.9 Å². The summed E-state index contributed by atoms with van der Waals surface area (Å²) in [5.74, 6) is 0. The Labute approximate surface area is 127 Å². The fraction of sp³-hybridized carbons (Fsp3) is 0.667. The Morgan fingerprint density at radius 3 is 2.58 bits per heavy atom. The van der Waals surface area contributed by atoms with Gasteiger partial charge >= 0.3 is 0 Å². The van der Waals surface area contributed by atoms with Crippen molar-refractivity contribution in [3.05, 3.63) is 20.3 Å². The maximum absolute atomic E-state index is 11.4. The highest BCUT2D eigenvalue weighted by atomic mass is 79.9. The first-order chi connectivity index (χ1) is 8.86. The average molecular weight is 367 g/mol. The van der Waals surface area contributed by atoms with E-state index < -0.39 is 10.0 Å². The summed E-state index contributed by atoms with van der Waals surface area (Å²) in [5.41, 5.74) is 0. The van der Waals surface area contributed by atoms with Gasteiger partial charge in [0.15, 0.2) is 0 Å². The number of nitrogens with one attached hydrogen (secondary N) is 1. The minimum absolute atomic E-state index is 0.416. The standard InChI is InChI=1S/C12H19BrN2O2S2/c1-9-12(13)7-11(18-9)8-14-10-3-5-15(6-4-10)19(2,16)17/h7,10,14H,3-6,8H2,1-2H3.